The molecule has 1 heterocycles. The molecule has 1 amide bonds. The molecular formula is C22H32N2O3. The second-order valence-corrected chi connectivity index (χ2v) is 8.03. The van der Waals surface area contributed by atoms with Crippen molar-refractivity contribution in [2.45, 2.75) is 45.1 Å². The fourth-order valence-corrected chi connectivity index (χ4v) is 2.79. The van der Waals surface area contributed by atoms with Crippen LogP contribution in [0.25, 0.3) is 0 Å². The zero-order valence-corrected chi connectivity index (χ0v) is 17.1. The number of hydrogen-bond acceptors (Lipinski definition) is 4. The van der Waals surface area contributed by atoms with E-state index in [1.54, 1.807) is 6.26 Å². The van der Waals surface area contributed by atoms with E-state index in [1.807, 2.05) is 43.3 Å². The highest BCUT2D eigenvalue weighted by molar-refractivity contribution is 5.75. The summed E-state index contributed by atoms with van der Waals surface area (Å²) in [6.07, 6.45) is 2.78. The molecule has 0 saturated carbocycles. The van der Waals surface area contributed by atoms with Gasteiger partial charge in [0.15, 0.2) is 0 Å². The Hall–Kier alpha value is -2.27. The summed E-state index contributed by atoms with van der Waals surface area (Å²) < 4.78 is 11.2. The Balaban J connectivity index is 1.68. The third-order valence-electron chi connectivity index (χ3n) is 4.52. The van der Waals surface area contributed by atoms with Crippen LogP contribution in [-0.2, 0) is 10.2 Å². The molecule has 27 heavy (non-hydrogen) atoms. The number of amides is 1. The number of nitrogens with zero attached hydrogens (tertiary/aromatic N) is 1. The van der Waals surface area contributed by atoms with E-state index in [9.17, 15) is 4.79 Å². The Morgan fingerprint density at radius 2 is 1.89 bits per heavy atom. The largest absolute Gasteiger partial charge is 0.494 e. The topological polar surface area (TPSA) is 54.7 Å². The fourth-order valence-electron chi connectivity index (χ4n) is 2.79. The number of nitrogens with one attached hydrogen (secondary N) is 1. The lowest BCUT2D eigenvalue weighted by Crippen LogP contribution is -2.34. The predicted molar refractivity (Wildman–Crippen MR) is 108 cm³/mol. The lowest BCUT2D eigenvalue weighted by Gasteiger charge is -2.22. The van der Waals surface area contributed by atoms with E-state index < -0.39 is 0 Å². The number of ether oxygens (including phenoxy) is 1. The quantitative estimate of drug-likeness (QED) is 0.672. The Labute approximate surface area is 162 Å². The Kier molecular flexibility index (Phi) is 7.48. The minimum atomic E-state index is 0.0279. The average Bonchev–Trinajstić information content (AvgIpc) is 3.12. The molecule has 2 aromatic rings. The maximum atomic E-state index is 12.1. The molecule has 1 atom stereocenters. The molecular weight excluding hydrogens is 340 g/mol. The van der Waals surface area contributed by atoms with E-state index in [0.29, 0.717) is 26.0 Å². The third kappa shape index (κ3) is 6.75. The van der Waals surface area contributed by atoms with Gasteiger partial charge in [-0.25, -0.2) is 0 Å². The molecule has 1 aromatic carbocycles. The molecule has 5 heteroatoms. The number of likely N-dealkylation sites (N-methyl/N-ethyl adjacent to an activating group) is 1. The van der Waals surface area contributed by atoms with Crippen LogP contribution in [0.15, 0.2) is 47.1 Å². The Bertz CT molecular complexity index is 685. The predicted octanol–water partition coefficient (Wildman–Crippen LogP) is 4.16. The van der Waals surface area contributed by atoms with Crippen LogP contribution in [0, 0.1) is 0 Å². The van der Waals surface area contributed by atoms with Crippen LogP contribution < -0.4 is 10.1 Å². The van der Waals surface area contributed by atoms with Crippen LogP contribution in [0.4, 0.5) is 0 Å². The molecule has 0 radical (unpaired) electrons. The van der Waals surface area contributed by atoms with Gasteiger partial charge in [-0.15, -0.1) is 0 Å². The van der Waals surface area contributed by atoms with Gasteiger partial charge in [0.05, 0.1) is 18.9 Å². The smallest absolute Gasteiger partial charge is 0.220 e. The van der Waals surface area contributed by atoms with Crippen molar-refractivity contribution in [3.05, 3.63) is 54.0 Å². The van der Waals surface area contributed by atoms with E-state index in [0.717, 1.165) is 11.5 Å². The van der Waals surface area contributed by atoms with Gasteiger partial charge in [-0.05, 0) is 55.8 Å². The van der Waals surface area contributed by atoms with Crippen molar-refractivity contribution in [3.63, 3.8) is 0 Å². The lowest BCUT2D eigenvalue weighted by molar-refractivity contribution is -0.121. The summed E-state index contributed by atoms with van der Waals surface area (Å²) in [6, 6.07) is 12.0. The van der Waals surface area contributed by atoms with Gasteiger partial charge in [-0.3, -0.25) is 9.69 Å². The van der Waals surface area contributed by atoms with Crippen molar-refractivity contribution >= 4 is 5.91 Å². The summed E-state index contributed by atoms with van der Waals surface area (Å²) in [5.74, 6) is 1.72. The van der Waals surface area contributed by atoms with Crippen molar-refractivity contribution in [1.29, 1.82) is 0 Å². The van der Waals surface area contributed by atoms with Gasteiger partial charge in [-0.1, -0.05) is 32.9 Å². The minimum Gasteiger partial charge on any atom is -0.494 e. The molecule has 0 fully saturated rings. The van der Waals surface area contributed by atoms with Gasteiger partial charge in [0.25, 0.3) is 0 Å². The van der Waals surface area contributed by atoms with Crippen LogP contribution in [0.1, 0.15) is 51.0 Å². The average molecular weight is 373 g/mol. The highest BCUT2D eigenvalue weighted by Crippen LogP contribution is 2.24. The number of carbonyl (C=O) groups excluding carboxylic acids is 1. The summed E-state index contributed by atoms with van der Waals surface area (Å²) in [6.45, 7) is 7.61. The first-order valence-corrected chi connectivity index (χ1v) is 9.47. The zero-order chi connectivity index (χ0) is 19.9. The normalized spacial score (nSPS) is 12.8. The van der Waals surface area contributed by atoms with Crippen LogP contribution in [0.3, 0.4) is 0 Å². The monoisotopic (exact) mass is 372 g/mol. The minimum absolute atomic E-state index is 0.0279. The zero-order valence-electron chi connectivity index (χ0n) is 17.1. The van der Waals surface area contributed by atoms with Crippen molar-refractivity contribution in [1.82, 2.24) is 10.2 Å². The molecule has 5 nitrogen and oxygen atoms in total. The van der Waals surface area contributed by atoms with Crippen LogP contribution in [0.2, 0.25) is 0 Å². The Morgan fingerprint density at radius 3 is 2.44 bits per heavy atom. The second-order valence-electron chi connectivity index (χ2n) is 8.03. The number of benzene rings is 1. The van der Waals surface area contributed by atoms with Crippen molar-refractivity contribution < 1.29 is 13.9 Å². The standard InChI is InChI=1S/C22H32N2O3/c1-22(2,3)17-10-12-18(13-11-17)26-14-7-9-21(25)23-16-19(24(4)5)20-8-6-15-27-20/h6,8,10-13,15,19H,7,9,14,16H2,1-5H3,(H,23,25). The van der Waals surface area contributed by atoms with E-state index in [4.69, 9.17) is 9.15 Å². The molecule has 0 aliphatic rings. The van der Waals surface area contributed by atoms with E-state index in [1.165, 1.54) is 5.56 Å². The lowest BCUT2D eigenvalue weighted by atomic mass is 9.87. The number of rotatable bonds is 9. The molecule has 1 unspecified atom stereocenters. The fraction of sp³-hybridized carbons (Fsp3) is 0.500. The van der Waals surface area contributed by atoms with Crippen molar-refractivity contribution in [3.8, 4) is 5.75 Å². The highest BCUT2D eigenvalue weighted by Gasteiger charge is 2.17. The molecule has 0 saturated heterocycles. The Morgan fingerprint density at radius 1 is 1.19 bits per heavy atom. The second kappa shape index (κ2) is 9.60. The molecule has 0 aliphatic carbocycles. The summed E-state index contributed by atoms with van der Waals surface area (Å²) >= 11 is 0. The molecule has 0 bridgehead atoms. The van der Waals surface area contributed by atoms with E-state index in [2.05, 4.69) is 38.2 Å². The summed E-state index contributed by atoms with van der Waals surface area (Å²) in [4.78, 5) is 14.1. The van der Waals surface area contributed by atoms with Gasteiger partial charge in [0.2, 0.25) is 5.91 Å². The van der Waals surface area contributed by atoms with E-state index >= 15 is 0 Å². The molecule has 1 aromatic heterocycles. The SMILES string of the molecule is CN(C)C(CNC(=O)CCCOc1ccc(C(C)(C)C)cc1)c1ccco1. The molecule has 0 aliphatic heterocycles. The van der Waals surface area contributed by atoms with Gasteiger partial charge in [0, 0.05) is 13.0 Å². The number of furan rings is 1. The van der Waals surface area contributed by atoms with Crippen LogP contribution >= 0.6 is 0 Å². The van der Waals surface area contributed by atoms with Crippen LogP contribution in [-0.4, -0.2) is 38.1 Å². The maximum Gasteiger partial charge on any atom is 0.220 e. The molecule has 148 valence electrons. The summed E-state index contributed by atoms with van der Waals surface area (Å²) in [5.41, 5.74) is 1.41. The van der Waals surface area contributed by atoms with E-state index in [-0.39, 0.29) is 17.4 Å². The van der Waals surface area contributed by atoms with Crippen LogP contribution in [0.5, 0.6) is 5.75 Å². The third-order valence-corrected chi connectivity index (χ3v) is 4.52. The molecule has 2 rings (SSSR count). The summed E-state index contributed by atoms with van der Waals surface area (Å²) in [5, 5.41) is 2.98. The number of hydrogen-bond donors (Lipinski definition) is 1. The van der Waals surface area contributed by atoms with Gasteiger partial charge < -0.3 is 14.5 Å². The first-order valence-electron chi connectivity index (χ1n) is 9.47. The molecule has 0 spiro atoms. The summed E-state index contributed by atoms with van der Waals surface area (Å²) in [7, 11) is 3.94. The maximum absolute atomic E-state index is 12.1. The highest BCUT2D eigenvalue weighted by atomic mass is 16.5. The number of carbonyl (C=O) groups is 1. The van der Waals surface area contributed by atoms with Gasteiger partial charge >= 0.3 is 0 Å². The first kappa shape index (κ1) is 21.0. The van der Waals surface area contributed by atoms with Gasteiger partial charge in [0.1, 0.15) is 11.5 Å². The van der Waals surface area contributed by atoms with Crippen molar-refractivity contribution in [2.24, 2.45) is 0 Å². The molecule has 1 N–H and O–H groups in total. The first-order chi connectivity index (χ1) is 12.8. The van der Waals surface area contributed by atoms with Gasteiger partial charge in [-0.2, -0.15) is 0 Å². The van der Waals surface area contributed by atoms with Crippen molar-refractivity contribution in [2.75, 3.05) is 27.2 Å².